The summed E-state index contributed by atoms with van der Waals surface area (Å²) >= 11 is 6.17. The van der Waals surface area contributed by atoms with Crippen LogP contribution in [0.5, 0.6) is 0 Å². The second-order valence-electron chi connectivity index (χ2n) is 6.31. The van der Waals surface area contributed by atoms with Gasteiger partial charge in [-0.2, -0.15) is 0 Å². The third-order valence-corrected chi connectivity index (χ3v) is 4.39. The van der Waals surface area contributed by atoms with Gasteiger partial charge in [0, 0.05) is 23.0 Å². The predicted octanol–water partition coefficient (Wildman–Crippen LogP) is 4.42. The Morgan fingerprint density at radius 3 is 2.42 bits per heavy atom. The van der Waals surface area contributed by atoms with Gasteiger partial charge in [0.25, 0.3) is 11.5 Å². The third kappa shape index (κ3) is 4.21. The van der Waals surface area contributed by atoms with Crippen LogP contribution in [-0.2, 0) is 6.54 Å². The summed E-state index contributed by atoms with van der Waals surface area (Å²) in [5.41, 5.74) is 3.93. The van der Waals surface area contributed by atoms with Crippen LogP contribution in [0, 0.1) is 13.8 Å². The van der Waals surface area contributed by atoms with Crippen molar-refractivity contribution in [2.75, 3.05) is 5.32 Å². The monoisotopic (exact) mass is 366 g/mol. The van der Waals surface area contributed by atoms with Crippen LogP contribution >= 0.6 is 11.6 Å². The van der Waals surface area contributed by atoms with Gasteiger partial charge in [-0.05, 0) is 54.8 Å². The van der Waals surface area contributed by atoms with E-state index in [0.717, 1.165) is 22.4 Å². The maximum Gasteiger partial charge on any atom is 0.257 e. The maximum absolute atomic E-state index is 12.6. The molecule has 4 nitrogen and oxygen atoms in total. The Morgan fingerprint density at radius 1 is 1.04 bits per heavy atom. The van der Waals surface area contributed by atoms with E-state index < -0.39 is 0 Å². The molecule has 0 radical (unpaired) electrons. The van der Waals surface area contributed by atoms with E-state index in [-0.39, 0.29) is 11.5 Å². The predicted molar refractivity (Wildman–Crippen MR) is 105 cm³/mol. The summed E-state index contributed by atoms with van der Waals surface area (Å²) in [5, 5.41) is 3.47. The Labute approximate surface area is 157 Å². The summed E-state index contributed by atoms with van der Waals surface area (Å²) in [7, 11) is 0. The summed E-state index contributed by atoms with van der Waals surface area (Å²) in [6, 6.07) is 16.1. The van der Waals surface area contributed by atoms with E-state index in [1.54, 1.807) is 12.3 Å². The van der Waals surface area contributed by atoms with Crippen LogP contribution in [0.25, 0.3) is 0 Å². The number of pyridine rings is 1. The second-order valence-corrected chi connectivity index (χ2v) is 6.71. The summed E-state index contributed by atoms with van der Waals surface area (Å²) in [5.74, 6) is -0.261. The van der Waals surface area contributed by atoms with Crippen molar-refractivity contribution in [2.45, 2.75) is 20.4 Å². The molecular weight excluding hydrogens is 348 g/mol. The Bertz CT molecular complexity index is 1000. The average molecular weight is 367 g/mol. The van der Waals surface area contributed by atoms with Crippen LogP contribution in [-0.4, -0.2) is 10.5 Å². The lowest BCUT2D eigenvalue weighted by atomic mass is 10.1. The smallest absolute Gasteiger partial charge is 0.257 e. The number of anilines is 1. The topological polar surface area (TPSA) is 51.1 Å². The van der Waals surface area contributed by atoms with Crippen molar-refractivity contribution in [1.82, 2.24) is 4.57 Å². The molecule has 0 spiro atoms. The van der Waals surface area contributed by atoms with Crippen molar-refractivity contribution >= 4 is 23.2 Å². The summed E-state index contributed by atoms with van der Waals surface area (Å²) in [6.07, 6.45) is 1.56. The van der Waals surface area contributed by atoms with E-state index >= 15 is 0 Å². The van der Waals surface area contributed by atoms with Crippen LogP contribution < -0.4 is 10.9 Å². The normalized spacial score (nSPS) is 10.6. The molecule has 132 valence electrons. The number of hydrogen-bond acceptors (Lipinski definition) is 2. The number of carbonyl (C=O) groups is 1. The van der Waals surface area contributed by atoms with Gasteiger partial charge >= 0.3 is 0 Å². The zero-order valence-electron chi connectivity index (χ0n) is 14.6. The minimum absolute atomic E-state index is 0.187. The van der Waals surface area contributed by atoms with E-state index in [4.69, 9.17) is 11.6 Å². The molecule has 0 fully saturated rings. The fourth-order valence-corrected chi connectivity index (χ4v) is 3.04. The van der Waals surface area contributed by atoms with Crippen molar-refractivity contribution in [3.63, 3.8) is 0 Å². The first-order valence-corrected chi connectivity index (χ1v) is 8.64. The first-order chi connectivity index (χ1) is 12.4. The Balaban J connectivity index is 1.85. The van der Waals surface area contributed by atoms with Crippen LogP contribution in [0.15, 0.2) is 65.6 Å². The van der Waals surface area contributed by atoms with E-state index in [1.165, 1.54) is 16.7 Å². The number of halogens is 1. The Morgan fingerprint density at radius 2 is 1.73 bits per heavy atom. The molecule has 0 aliphatic heterocycles. The highest BCUT2D eigenvalue weighted by atomic mass is 35.5. The van der Waals surface area contributed by atoms with Crippen molar-refractivity contribution in [3.8, 4) is 0 Å². The number of amides is 1. The van der Waals surface area contributed by atoms with E-state index in [2.05, 4.69) is 5.32 Å². The molecule has 0 aliphatic carbocycles. The molecule has 1 heterocycles. The Hall–Kier alpha value is -2.85. The van der Waals surface area contributed by atoms with Gasteiger partial charge in [-0.3, -0.25) is 9.59 Å². The highest BCUT2D eigenvalue weighted by Crippen LogP contribution is 2.17. The van der Waals surface area contributed by atoms with Gasteiger partial charge in [-0.25, -0.2) is 0 Å². The van der Waals surface area contributed by atoms with Gasteiger partial charge in [-0.1, -0.05) is 35.9 Å². The lowest BCUT2D eigenvalue weighted by Gasteiger charge is -2.11. The molecule has 0 saturated carbocycles. The average Bonchev–Trinajstić information content (AvgIpc) is 2.57. The zero-order chi connectivity index (χ0) is 18.7. The molecule has 26 heavy (non-hydrogen) atoms. The third-order valence-electron chi connectivity index (χ3n) is 4.02. The SMILES string of the molecule is Cc1cc(C)cc(NC(=O)c2ccc(=O)n(Cc3ccccc3Cl)c2)c1. The van der Waals surface area contributed by atoms with Crippen LogP contribution in [0.1, 0.15) is 27.0 Å². The summed E-state index contributed by atoms with van der Waals surface area (Å²) in [4.78, 5) is 24.7. The molecule has 0 atom stereocenters. The molecule has 0 bridgehead atoms. The minimum Gasteiger partial charge on any atom is -0.322 e. The number of aryl methyl sites for hydroxylation is 2. The van der Waals surface area contributed by atoms with Crippen molar-refractivity contribution in [3.05, 3.63) is 98.4 Å². The molecule has 0 saturated heterocycles. The number of hydrogen-bond donors (Lipinski definition) is 1. The molecule has 3 rings (SSSR count). The van der Waals surface area contributed by atoms with Crippen molar-refractivity contribution in [2.24, 2.45) is 0 Å². The van der Waals surface area contributed by atoms with Crippen LogP contribution in [0.2, 0.25) is 5.02 Å². The number of carbonyl (C=O) groups excluding carboxylic acids is 1. The van der Waals surface area contributed by atoms with Gasteiger partial charge in [-0.15, -0.1) is 0 Å². The van der Waals surface area contributed by atoms with Crippen LogP contribution in [0.3, 0.4) is 0 Å². The first kappa shape index (κ1) is 18.0. The molecule has 0 aliphatic rings. The Kier molecular flexibility index (Phi) is 5.24. The molecule has 2 aromatic carbocycles. The quantitative estimate of drug-likeness (QED) is 0.743. The zero-order valence-corrected chi connectivity index (χ0v) is 15.4. The fraction of sp³-hybridized carbons (Fsp3) is 0.143. The highest BCUT2D eigenvalue weighted by Gasteiger charge is 2.10. The lowest BCUT2D eigenvalue weighted by Crippen LogP contribution is -2.22. The highest BCUT2D eigenvalue weighted by molar-refractivity contribution is 6.31. The van der Waals surface area contributed by atoms with Gasteiger partial charge in [0.2, 0.25) is 0 Å². The number of nitrogens with zero attached hydrogens (tertiary/aromatic N) is 1. The van der Waals surface area contributed by atoms with Gasteiger partial charge in [0.1, 0.15) is 0 Å². The second kappa shape index (κ2) is 7.58. The number of rotatable bonds is 4. The minimum atomic E-state index is -0.261. The van der Waals surface area contributed by atoms with Gasteiger partial charge in [0.15, 0.2) is 0 Å². The molecule has 1 amide bonds. The molecule has 1 aromatic heterocycles. The summed E-state index contributed by atoms with van der Waals surface area (Å²) < 4.78 is 1.48. The van der Waals surface area contributed by atoms with Gasteiger partial charge < -0.3 is 9.88 Å². The van der Waals surface area contributed by atoms with E-state index in [0.29, 0.717) is 17.1 Å². The molecule has 0 unspecified atom stereocenters. The molecular formula is C21H19ClN2O2. The van der Waals surface area contributed by atoms with E-state index in [1.807, 2.05) is 50.2 Å². The number of nitrogens with one attached hydrogen (secondary N) is 1. The number of aromatic nitrogens is 1. The first-order valence-electron chi connectivity index (χ1n) is 8.26. The lowest BCUT2D eigenvalue weighted by molar-refractivity contribution is 0.102. The molecule has 5 heteroatoms. The number of benzene rings is 2. The van der Waals surface area contributed by atoms with Crippen LogP contribution in [0.4, 0.5) is 5.69 Å². The summed E-state index contributed by atoms with van der Waals surface area (Å²) in [6.45, 7) is 4.27. The molecule has 1 N–H and O–H groups in total. The standard InChI is InChI=1S/C21H19ClN2O2/c1-14-9-15(2)11-18(10-14)23-21(26)17-7-8-20(25)24(13-17)12-16-5-3-4-6-19(16)22/h3-11,13H,12H2,1-2H3,(H,23,26). The van der Waals surface area contributed by atoms with E-state index in [9.17, 15) is 9.59 Å². The maximum atomic E-state index is 12.6. The van der Waals surface area contributed by atoms with Crippen molar-refractivity contribution in [1.29, 1.82) is 0 Å². The fourth-order valence-electron chi connectivity index (χ4n) is 2.85. The van der Waals surface area contributed by atoms with Crippen molar-refractivity contribution < 1.29 is 4.79 Å². The molecule has 3 aromatic rings. The largest absolute Gasteiger partial charge is 0.322 e. The van der Waals surface area contributed by atoms with Gasteiger partial charge in [0.05, 0.1) is 12.1 Å².